The number of nitrogens with zero attached hydrogens (tertiary/aromatic N) is 3. The van der Waals surface area contributed by atoms with E-state index in [1.807, 2.05) is 54.9 Å². The second-order valence-corrected chi connectivity index (χ2v) is 9.17. The van der Waals surface area contributed by atoms with Gasteiger partial charge in [-0.1, -0.05) is 48.0 Å². The van der Waals surface area contributed by atoms with Gasteiger partial charge in [-0.05, 0) is 35.7 Å². The summed E-state index contributed by atoms with van der Waals surface area (Å²) >= 11 is 6.76. The SMILES string of the molecule is COCC[C@H](Nc1c(C#N)cnc2c(Cl)cc(N[C@H](C3=CNNN3)c3cccnc3)cc12)c1ccccc1. The quantitative estimate of drug-likeness (QED) is 0.195. The fourth-order valence-corrected chi connectivity index (χ4v) is 4.74. The minimum atomic E-state index is -0.248. The summed E-state index contributed by atoms with van der Waals surface area (Å²) in [7, 11) is 1.68. The van der Waals surface area contributed by atoms with Crippen LogP contribution in [0.2, 0.25) is 5.02 Å². The lowest BCUT2D eigenvalue weighted by atomic mass is 10.0. The molecule has 0 bridgehead atoms. The van der Waals surface area contributed by atoms with Crippen LogP contribution in [0.3, 0.4) is 0 Å². The van der Waals surface area contributed by atoms with Crippen LogP contribution in [0.5, 0.6) is 0 Å². The molecule has 0 saturated heterocycles. The summed E-state index contributed by atoms with van der Waals surface area (Å²) in [5, 5.41) is 18.4. The maximum Gasteiger partial charge on any atom is 0.103 e. The molecule has 2 atom stereocenters. The van der Waals surface area contributed by atoms with Gasteiger partial charge in [-0.3, -0.25) is 9.97 Å². The Morgan fingerprint density at radius 2 is 1.92 bits per heavy atom. The molecular weight excluding hydrogens is 500 g/mol. The number of rotatable bonds is 10. The minimum Gasteiger partial charge on any atom is -0.385 e. The zero-order valence-corrected chi connectivity index (χ0v) is 21.5. The molecule has 0 unspecified atom stereocenters. The van der Waals surface area contributed by atoms with Crippen molar-refractivity contribution in [2.45, 2.75) is 18.5 Å². The Bertz CT molecular complexity index is 1470. The molecule has 1 aliphatic heterocycles. The van der Waals surface area contributed by atoms with Gasteiger partial charge in [-0.15, -0.1) is 0 Å². The van der Waals surface area contributed by atoms with Crippen LogP contribution in [0.4, 0.5) is 11.4 Å². The third kappa shape index (κ3) is 5.48. The average Bonchev–Trinajstić information content (AvgIpc) is 3.50. The van der Waals surface area contributed by atoms with E-state index in [4.69, 9.17) is 16.3 Å². The highest BCUT2D eigenvalue weighted by molar-refractivity contribution is 6.35. The van der Waals surface area contributed by atoms with Gasteiger partial charge in [0.1, 0.15) is 6.07 Å². The maximum absolute atomic E-state index is 9.97. The standard InChI is InChI=1S/C28H27ClN8O/c1-38-11-9-24(18-6-3-2-4-7-18)35-26-20(14-30)16-32-28-22(26)12-21(13-23(28)29)34-27(25-17-33-37-36-25)19-8-5-10-31-15-19/h2-8,10,12-13,15-17,24,27,33-34,36-37H,9,11H2,1H3,(H,32,35)/t24-,27-/m0/s1. The first-order valence-corrected chi connectivity index (χ1v) is 12.5. The largest absolute Gasteiger partial charge is 0.385 e. The number of anilines is 2. The van der Waals surface area contributed by atoms with Gasteiger partial charge < -0.3 is 26.2 Å². The molecule has 2 aromatic carbocycles. The molecule has 5 rings (SSSR count). The molecule has 9 nitrogen and oxygen atoms in total. The molecule has 0 spiro atoms. The number of pyridine rings is 2. The van der Waals surface area contributed by atoms with Crippen LogP contribution in [0.1, 0.15) is 35.2 Å². The molecule has 5 N–H and O–H groups in total. The smallest absolute Gasteiger partial charge is 0.103 e. The van der Waals surface area contributed by atoms with Crippen molar-refractivity contribution in [2.24, 2.45) is 0 Å². The van der Waals surface area contributed by atoms with E-state index in [0.717, 1.165) is 27.9 Å². The molecule has 3 heterocycles. The highest BCUT2D eigenvalue weighted by Gasteiger charge is 2.22. The lowest BCUT2D eigenvalue weighted by Crippen LogP contribution is -2.33. The molecule has 0 fully saturated rings. The number of halogens is 1. The normalized spacial score (nSPS) is 14.1. The summed E-state index contributed by atoms with van der Waals surface area (Å²) in [4.78, 5) is 8.79. The Labute approximate surface area is 225 Å². The first kappa shape index (κ1) is 25.3. The number of ether oxygens (including phenoxy) is 1. The summed E-state index contributed by atoms with van der Waals surface area (Å²) in [5.74, 6) is 0. The van der Waals surface area contributed by atoms with E-state index in [2.05, 4.69) is 55.2 Å². The first-order chi connectivity index (χ1) is 18.7. The molecule has 2 aromatic heterocycles. The van der Waals surface area contributed by atoms with Crippen molar-refractivity contribution in [3.63, 3.8) is 0 Å². The number of nitrogens with one attached hydrogen (secondary N) is 5. The third-order valence-electron chi connectivity index (χ3n) is 6.32. The molecular formula is C28H27ClN8O. The van der Waals surface area contributed by atoms with Crippen molar-refractivity contribution in [3.8, 4) is 6.07 Å². The van der Waals surface area contributed by atoms with Crippen molar-refractivity contribution in [1.82, 2.24) is 26.4 Å². The maximum atomic E-state index is 9.97. The van der Waals surface area contributed by atoms with Gasteiger partial charge in [0.25, 0.3) is 0 Å². The van der Waals surface area contributed by atoms with Crippen LogP contribution in [-0.2, 0) is 4.74 Å². The summed E-state index contributed by atoms with van der Waals surface area (Å²) in [6, 6.07) is 19.8. The molecule has 10 heteroatoms. The lowest BCUT2D eigenvalue weighted by molar-refractivity contribution is 0.190. The number of nitriles is 1. The number of methoxy groups -OCH3 is 1. The first-order valence-electron chi connectivity index (χ1n) is 12.1. The predicted octanol–water partition coefficient (Wildman–Crippen LogP) is 4.95. The number of fused-ring (bicyclic) bond motifs is 1. The van der Waals surface area contributed by atoms with Gasteiger partial charge >= 0.3 is 0 Å². The number of hydrazine groups is 2. The predicted molar refractivity (Wildman–Crippen MR) is 149 cm³/mol. The fraction of sp³-hybridized carbons (Fsp3) is 0.179. The third-order valence-corrected chi connectivity index (χ3v) is 6.61. The monoisotopic (exact) mass is 526 g/mol. The van der Waals surface area contributed by atoms with Crippen molar-refractivity contribution in [2.75, 3.05) is 24.4 Å². The Hall–Kier alpha value is -4.36. The van der Waals surface area contributed by atoms with E-state index in [1.54, 1.807) is 19.5 Å². The van der Waals surface area contributed by atoms with Crippen molar-refractivity contribution in [3.05, 3.63) is 107 Å². The Morgan fingerprint density at radius 1 is 1.08 bits per heavy atom. The number of hydrogen-bond donors (Lipinski definition) is 5. The molecule has 38 heavy (non-hydrogen) atoms. The molecule has 0 amide bonds. The van der Waals surface area contributed by atoms with Crippen LogP contribution in [0.25, 0.3) is 10.9 Å². The topological polar surface area (TPSA) is 119 Å². The Morgan fingerprint density at radius 3 is 2.63 bits per heavy atom. The summed E-state index contributed by atoms with van der Waals surface area (Å²) < 4.78 is 5.37. The van der Waals surface area contributed by atoms with Crippen molar-refractivity contribution in [1.29, 1.82) is 5.26 Å². The van der Waals surface area contributed by atoms with Crippen molar-refractivity contribution < 1.29 is 4.74 Å². The van der Waals surface area contributed by atoms with E-state index < -0.39 is 0 Å². The van der Waals surface area contributed by atoms with Crippen LogP contribution in [-0.4, -0.2) is 23.7 Å². The van der Waals surface area contributed by atoms with E-state index in [9.17, 15) is 5.26 Å². The molecule has 0 saturated carbocycles. The van der Waals surface area contributed by atoms with Gasteiger partial charge in [0, 0.05) is 49.6 Å². The molecule has 4 aromatic rings. The molecule has 192 valence electrons. The van der Waals surface area contributed by atoms with Crippen LogP contribution < -0.4 is 27.0 Å². The van der Waals surface area contributed by atoms with Gasteiger partial charge in [0.15, 0.2) is 0 Å². The number of benzene rings is 2. The summed E-state index contributed by atoms with van der Waals surface area (Å²) in [5.41, 5.74) is 14.4. The second kappa shape index (κ2) is 11.8. The van der Waals surface area contributed by atoms with Crippen LogP contribution in [0, 0.1) is 11.3 Å². The van der Waals surface area contributed by atoms with Gasteiger partial charge in [0.05, 0.1) is 39.6 Å². The van der Waals surface area contributed by atoms with Crippen LogP contribution >= 0.6 is 11.6 Å². The van der Waals surface area contributed by atoms with Crippen molar-refractivity contribution >= 4 is 33.9 Å². The van der Waals surface area contributed by atoms with Gasteiger partial charge in [-0.25, -0.2) is 0 Å². The number of hydrogen-bond acceptors (Lipinski definition) is 9. The molecule has 1 aliphatic rings. The average molecular weight is 527 g/mol. The van der Waals surface area contributed by atoms with E-state index in [1.165, 1.54) is 0 Å². The Balaban J connectivity index is 1.57. The Kier molecular flexibility index (Phi) is 7.85. The highest BCUT2D eigenvalue weighted by Crippen LogP contribution is 2.37. The highest BCUT2D eigenvalue weighted by atomic mass is 35.5. The second-order valence-electron chi connectivity index (χ2n) is 8.76. The number of aromatic nitrogens is 2. The summed E-state index contributed by atoms with van der Waals surface area (Å²) in [6.07, 6.45) is 7.66. The van der Waals surface area contributed by atoms with E-state index >= 15 is 0 Å². The summed E-state index contributed by atoms with van der Waals surface area (Å²) in [6.45, 7) is 0.558. The lowest BCUT2D eigenvalue weighted by Gasteiger charge is -2.24. The molecule has 0 radical (unpaired) electrons. The fourth-order valence-electron chi connectivity index (χ4n) is 4.47. The van der Waals surface area contributed by atoms with Gasteiger partial charge in [0.2, 0.25) is 0 Å². The van der Waals surface area contributed by atoms with E-state index in [-0.39, 0.29) is 12.1 Å². The van der Waals surface area contributed by atoms with Gasteiger partial charge in [-0.2, -0.15) is 10.8 Å². The van der Waals surface area contributed by atoms with Crippen LogP contribution in [0.15, 0.2) is 85.1 Å². The molecule has 0 aliphatic carbocycles. The zero-order valence-electron chi connectivity index (χ0n) is 20.7. The minimum absolute atomic E-state index is 0.0858. The van der Waals surface area contributed by atoms with E-state index in [0.29, 0.717) is 34.8 Å². The zero-order chi connectivity index (χ0) is 26.3.